The highest BCUT2D eigenvalue weighted by molar-refractivity contribution is 5.11. The van der Waals surface area contributed by atoms with Gasteiger partial charge in [-0.15, -0.1) is 5.10 Å². The van der Waals surface area contributed by atoms with Crippen molar-refractivity contribution in [1.82, 2.24) is 21.1 Å². The Bertz CT molecular complexity index is 299. The summed E-state index contributed by atoms with van der Waals surface area (Å²) in [5, 5.41) is 17.2. The molecule has 0 aromatic carbocycles. The van der Waals surface area contributed by atoms with Gasteiger partial charge in [0.2, 0.25) is 0 Å². The Morgan fingerprint density at radius 1 is 1.24 bits per heavy atom. The molecule has 0 unspecified atom stereocenters. The summed E-state index contributed by atoms with van der Waals surface area (Å²) < 4.78 is 1.83. The van der Waals surface area contributed by atoms with E-state index in [1.54, 1.807) is 0 Å². The van der Waals surface area contributed by atoms with Crippen LogP contribution < -0.4 is 6.15 Å². The van der Waals surface area contributed by atoms with Crippen LogP contribution in [0.25, 0.3) is 0 Å². The quantitative estimate of drug-likeness (QED) is 0.768. The second kappa shape index (κ2) is 7.40. The van der Waals surface area contributed by atoms with Crippen LogP contribution in [-0.4, -0.2) is 26.7 Å². The molecular weight excluding hydrogens is 216 g/mol. The molecule has 1 aromatic heterocycles. The van der Waals surface area contributed by atoms with E-state index in [1.807, 2.05) is 10.9 Å². The lowest BCUT2D eigenvalue weighted by Crippen LogP contribution is -2.23. The fourth-order valence-electron chi connectivity index (χ4n) is 2.18. The molecule has 100 valence electrons. The van der Waals surface area contributed by atoms with Crippen molar-refractivity contribution in [3.05, 3.63) is 11.9 Å². The Labute approximate surface area is 104 Å². The number of hydrogen-bond acceptors (Lipinski definition) is 4. The number of nitrogens with zero attached hydrogens (tertiary/aromatic N) is 3. The Hall–Kier alpha value is -0.940. The first kappa shape index (κ1) is 16.1. The molecule has 1 rings (SSSR count). The summed E-state index contributed by atoms with van der Waals surface area (Å²) in [6.45, 7) is 7.58. The minimum atomic E-state index is 0. The third-order valence-electron chi connectivity index (χ3n) is 3.66. The highest BCUT2D eigenvalue weighted by Crippen LogP contribution is 2.33. The summed E-state index contributed by atoms with van der Waals surface area (Å²) in [6.07, 6.45) is 6.06. The molecule has 0 radical (unpaired) electrons. The lowest BCUT2D eigenvalue weighted by Gasteiger charge is -2.27. The molecular formula is C12H26N4O. The van der Waals surface area contributed by atoms with Crippen molar-refractivity contribution in [3.8, 4) is 0 Å². The summed E-state index contributed by atoms with van der Waals surface area (Å²) >= 11 is 0. The van der Waals surface area contributed by atoms with Gasteiger partial charge < -0.3 is 11.3 Å². The second-order valence-corrected chi connectivity index (χ2v) is 4.29. The molecule has 0 aliphatic heterocycles. The van der Waals surface area contributed by atoms with Crippen LogP contribution in [0, 0.1) is 0 Å². The predicted molar refractivity (Wildman–Crippen MR) is 69.3 cm³/mol. The molecule has 5 nitrogen and oxygen atoms in total. The SMILES string of the molecule is CCC(CC)(CC)c1cn(CCCO)nn1.N. The lowest BCUT2D eigenvalue weighted by atomic mass is 9.77. The molecule has 1 heterocycles. The molecule has 0 saturated carbocycles. The first-order valence-electron chi connectivity index (χ1n) is 6.23. The maximum absolute atomic E-state index is 8.77. The van der Waals surface area contributed by atoms with Gasteiger partial charge in [-0.25, -0.2) is 0 Å². The minimum Gasteiger partial charge on any atom is -0.396 e. The molecule has 0 aliphatic carbocycles. The van der Waals surface area contributed by atoms with Crippen molar-refractivity contribution in [2.75, 3.05) is 6.61 Å². The summed E-state index contributed by atoms with van der Waals surface area (Å²) in [5.74, 6) is 0. The first-order chi connectivity index (χ1) is 7.72. The number of aliphatic hydroxyl groups is 1. The largest absolute Gasteiger partial charge is 0.396 e. The molecule has 0 saturated heterocycles. The maximum Gasteiger partial charge on any atom is 0.0888 e. The third kappa shape index (κ3) is 3.51. The summed E-state index contributed by atoms with van der Waals surface area (Å²) in [7, 11) is 0. The van der Waals surface area contributed by atoms with E-state index < -0.39 is 0 Å². The van der Waals surface area contributed by atoms with Gasteiger partial charge in [-0.1, -0.05) is 26.0 Å². The average molecular weight is 242 g/mol. The van der Waals surface area contributed by atoms with E-state index in [4.69, 9.17) is 5.11 Å². The van der Waals surface area contributed by atoms with E-state index >= 15 is 0 Å². The number of aromatic nitrogens is 3. The monoisotopic (exact) mass is 242 g/mol. The highest BCUT2D eigenvalue weighted by atomic mass is 16.3. The molecule has 1 aromatic rings. The molecule has 0 fully saturated rings. The molecule has 0 amide bonds. The third-order valence-corrected chi connectivity index (χ3v) is 3.66. The Morgan fingerprint density at radius 2 is 1.82 bits per heavy atom. The van der Waals surface area contributed by atoms with Gasteiger partial charge in [0.25, 0.3) is 0 Å². The molecule has 5 heteroatoms. The van der Waals surface area contributed by atoms with Gasteiger partial charge in [0.1, 0.15) is 0 Å². The van der Waals surface area contributed by atoms with Crippen LogP contribution in [0.3, 0.4) is 0 Å². The highest BCUT2D eigenvalue weighted by Gasteiger charge is 2.29. The van der Waals surface area contributed by atoms with E-state index in [0.717, 1.165) is 37.9 Å². The fourth-order valence-corrected chi connectivity index (χ4v) is 2.18. The predicted octanol–water partition coefficient (Wildman–Crippen LogP) is 2.29. The van der Waals surface area contributed by atoms with Crippen molar-refractivity contribution >= 4 is 0 Å². The maximum atomic E-state index is 8.77. The zero-order valence-corrected chi connectivity index (χ0v) is 11.3. The molecule has 0 bridgehead atoms. The molecule has 17 heavy (non-hydrogen) atoms. The molecule has 0 atom stereocenters. The van der Waals surface area contributed by atoms with Crippen LogP contribution in [0.2, 0.25) is 0 Å². The normalized spacial score (nSPS) is 11.3. The zero-order valence-electron chi connectivity index (χ0n) is 11.3. The van der Waals surface area contributed by atoms with Crippen molar-refractivity contribution in [2.45, 2.75) is 58.4 Å². The van der Waals surface area contributed by atoms with E-state index in [1.165, 1.54) is 0 Å². The standard InChI is InChI=1S/C12H23N3O.H3N/c1-4-12(5-2,6-3)11-10-15(14-13-11)8-7-9-16;/h10,16H,4-9H2,1-3H3;1H3. The average Bonchev–Trinajstić information content (AvgIpc) is 2.79. The second-order valence-electron chi connectivity index (χ2n) is 4.29. The van der Waals surface area contributed by atoms with Gasteiger partial charge in [-0.3, -0.25) is 4.68 Å². The van der Waals surface area contributed by atoms with E-state index in [0.29, 0.717) is 0 Å². The van der Waals surface area contributed by atoms with Gasteiger partial charge in [0.05, 0.1) is 5.69 Å². The van der Waals surface area contributed by atoms with Crippen LogP contribution in [0.1, 0.15) is 52.1 Å². The van der Waals surface area contributed by atoms with Gasteiger partial charge in [0.15, 0.2) is 0 Å². The van der Waals surface area contributed by atoms with Gasteiger partial charge >= 0.3 is 0 Å². The van der Waals surface area contributed by atoms with Crippen LogP contribution in [0.4, 0.5) is 0 Å². The van der Waals surface area contributed by atoms with Gasteiger partial charge in [-0.05, 0) is 25.7 Å². The summed E-state index contributed by atoms with van der Waals surface area (Å²) in [5.41, 5.74) is 1.27. The minimum absolute atomic E-state index is 0. The smallest absolute Gasteiger partial charge is 0.0888 e. The lowest BCUT2D eigenvalue weighted by molar-refractivity contribution is 0.276. The summed E-state index contributed by atoms with van der Waals surface area (Å²) in [6, 6.07) is 0. The van der Waals surface area contributed by atoms with Gasteiger partial charge in [0, 0.05) is 24.8 Å². The van der Waals surface area contributed by atoms with Crippen molar-refractivity contribution in [3.63, 3.8) is 0 Å². The van der Waals surface area contributed by atoms with Crippen LogP contribution in [0.15, 0.2) is 6.20 Å². The van der Waals surface area contributed by atoms with E-state index in [-0.39, 0.29) is 18.2 Å². The first-order valence-corrected chi connectivity index (χ1v) is 6.23. The number of hydrogen-bond donors (Lipinski definition) is 2. The van der Waals surface area contributed by atoms with E-state index in [9.17, 15) is 0 Å². The fraction of sp³-hybridized carbons (Fsp3) is 0.833. The van der Waals surface area contributed by atoms with Crippen LogP contribution in [0.5, 0.6) is 0 Å². The molecule has 4 N–H and O–H groups in total. The topological polar surface area (TPSA) is 85.9 Å². The van der Waals surface area contributed by atoms with Crippen molar-refractivity contribution in [1.29, 1.82) is 0 Å². The van der Waals surface area contributed by atoms with Crippen LogP contribution >= 0.6 is 0 Å². The van der Waals surface area contributed by atoms with Crippen molar-refractivity contribution in [2.24, 2.45) is 0 Å². The zero-order chi connectivity index (χ0) is 12.0. The Morgan fingerprint density at radius 3 is 2.29 bits per heavy atom. The van der Waals surface area contributed by atoms with Gasteiger partial charge in [-0.2, -0.15) is 0 Å². The number of aryl methyl sites for hydroxylation is 1. The summed E-state index contributed by atoms with van der Waals surface area (Å²) in [4.78, 5) is 0. The van der Waals surface area contributed by atoms with Crippen LogP contribution in [-0.2, 0) is 12.0 Å². The van der Waals surface area contributed by atoms with Crippen molar-refractivity contribution < 1.29 is 5.11 Å². The Balaban J connectivity index is 0.00000256. The Kier molecular flexibility index (Phi) is 6.99. The molecule has 0 aliphatic rings. The number of aliphatic hydroxyl groups excluding tert-OH is 1. The van der Waals surface area contributed by atoms with E-state index in [2.05, 4.69) is 31.1 Å². The molecule has 0 spiro atoms. The number of rotatable bonds is 7.